The summed E-state index contributed by atoms with van der Waals surface area (Å²) in [6.45, 7) is 0. The van der Waals surface area contributed by atoms with Crippen LogP contribution >= 0.6 is 0 Å². The smallest absolute Gasteiger partial charge is 0.201 e. The molecular formula is C20H17NO4. The Morgan fingerprint density at radius 2 is 1.80 bits per heavy atom. The van der Waals surface area contributed by atoms with Gasteiger partial charge in [-0.15, -0.1) is 0 Å². The molecule has 1 aliphatic heterocycles. The Balaban J connectivity index is 1.92. The van der Waals surface area contributed by atoms with E-state index in [9.17, 15) is 10.4 Å². The molecule has 126 valence electrons. The zero-order chi connectivity index (χ0) is 17.4. The molecule has 1 aliphatic rings. The van der Waals surface area contributed by atoms with Crippen LogP contribution in [-0.2, 0) is 0 Å². The summed E-state index contributed by atoms with van der Waals surface area (Å²) < 4.78 is 11.5. The van der Waals surface area contributed by atoms with Gasteiger partial charge in [0, 0.05) is 17.2 Å². The van der Waals surface area contributed by atoms with Gasteiger partial charge in [0.2, 0.25) is 6.10 Å². The van der Waals surface area contributed by atoms with Gasteiger partial charge in [-0.25, -0.2) is 5.21 Å². The molecule has 0 radical (unpaired) electrons. The third-order valence-corrected chi connectivity index (χ3v) is 4.41. The van der Waals surface area contributed by atoms with Crippen molar-refractivity contribution >= 4 is 16.8 Å². The molecule has 2 N–H and O–H groups in total. The van der Waals surface area contributed by atoms with Crippen molar-refractivity contribution in [3.8, 4) is 11.5 Å². The molecule has 0 amide bonds. The highest BCUT2D eigenvalue weighted by Crippen LogP contribution is 2.42. The number of hydrogen-bond donors (Lipinski definition) is 2. The van der Waals surface area contributed by atoms with E-state index in [0.29, 0.717) is 17.1 Å². The zero-order valence-corrected chi connectivity index (χ0v) is 13.6. The topological polar surface area (TPSA) is 66.2 Å². The number of nitrogens with one attached hydrogen (secondary N) is 1. The molecule has 5 nitrogen and oxygen atoms in total. The highest BCUT2D eigenvalue weighted by Gasteiger charge is 2.32. The fourth-order valence-corrected chi connectivity index (χ4v) is 3.24. The number of hydrogen-bond acceptors (Lipinski definition) is 4. The van der Waals surface area contributed by atoms with Crippen LogP contribution in [0.5, 0.6) is 11.5 Å². The molecular weight excluding hydrogens is 318 g/mol. The van der Waals surface area contributed by atoms with Crippen molar-refractivity contribution in [2.75, 3.05) is 7.11 Å². The maximum atomic E-state index is 11.9. The molecule has 5 heteroatoms. The molecule has 3 aromatic carbocycles. The van der Waals surface area contributed by atoms with E-state index in [1.165, 1.54) is 0 Å². The largest absolute Gasteiger partial charge is 0.595 e. The first kappa shape index (κ1) is 15.7. The highest BCUT2D eigenvalue weighted by atomic mass is 16.8. The Bertz CT molecular complexity index is 960. The van der Waals surface area contributed by atoms with Gasteiger partial charge < -0.3 is 14.7 Å². The van der Waals surface area contributed by atoms with Crippen molar-refractivity contribution in [1.29, 1.82) is 0 Å². The van der Waals surface area contributed by atoms with Crippen LogP contribution in [0.1, 0.15) is 17.2 Å². The van der Waals surface area contributed by atoms with Gasteiger partial charge in [-0.2, -0.15) is 5.23 Å². The Labute approximate surface area is 144 Å². The summed E-state index contributed by atoms with van der Waals surface area (Å²) in [5, 5.41) is 22.6. The van der Waals surface area contributed by atoms with Crippen molar-refractivity contribution in [3.05, 3.63) is 82.7 Å². The van der Waals surface area contributed by atoms with Gasteiger partial charge in [0.1, 0.15) is 0 Å². The second kappa shape index (κ2) is 6.22. The highest BCUT2D eigenvalue weighted by molar-refractivity contribution is 5.86. The number of hydroxylamine groups is 2. The fourth-order valence-electron chi connectivity index (χ4n) is 3.24. The summed E-state index contributed by atoms with van der Waals surface area (Å²) in [6, 6.07) is 19.1. The second-order valence-corrected chi connectivity index (χ2v) is 5.85. The molecule has 0 fully saturated rings. The summed E-state index contributed by atoms with van der Waals surface area (Å²) in [6.07, 6.45) is 0.961. The monoisotopic (exact) mass is 335 g/mol. The Kier molecular flexibility index (Phi) is 3.89. The maximum Gasteiger partial charge on any atom is 0.201 e. The maximum absolute atomic E-state index is 11.9. The fraction of sp³-hybridized carbons (Fsp3) is 0.100. The zero-order valence-electron chi connectivity index (χ0n) is 13.6. The van der Waals surface area contributed by atoms with Crippen LogP contribution in [0.15, 0.2) is 66.4 Å². The third-order valence-electron chi connectivity index (χ3n) is 4.41. The quantitative estimate of drug-likeness (QED) is 0.722. The van der Waals surface area contributed by atoms with Gasteiger partial charge in [-0.3, -0.25) is 0 Å². The first-order chi connectivity index (χ1) is 12.2. The van der Waals surface area contributed by atoms with E-state index in [-0.39, 0.29) is 5.70 Å². The van der Waals surface area contributed by atoms with Crippen molar-refractivity contribution in [2.45, 2.75) is 6.10 Å². The third kappa shape index (κ3) is 2.64. The first-order valence-corrected chi connectivity index (χ1v) is 7.95. The van der Waals surface area contributed by atoms with E-state index in [4.69, 9.17) is 9.47 Å². The number of rotatable bonds is 3. The van der Waals surface area contributed by atoms with E-state index >= 15 is 0 Å². The molecule has 0 bridgehead atoms. The number of fused-ring (bicyclic) bond motifs is 2. The molecule has 2 atom stereocenters. The molecule has 0 saturated heterocycles. The summed E-state index contributed by atoms with van der Waals surface area (Å²) in [4.78, 5) is 0. The molecule has 0 aliphatic carbocycles. The summed E-state index contributed by atoms with van der Waals surface area (Å²) in [5.41, 5.74) is 1.73. The van der Waals surface area contributed by atoms with Gasteiger partial charge in [0.15, 0.2) is 17.2 Å². The van der Waals surface area contributed by atoms with Crippen LogP contribution in [0.4, 0.5) is 0 Å². The number of quaternary nitrogens is 1. The van der Waals surface area contributed by atoms with E-state index in [1.54, 1.807) is 19.3 Å². The van der Waals surface area contributed by atoms with Crippen LogP contribution in [0, 0.1) is 5.21 Å². The lowest BCUT2D eigenvalue weighted by Crippen LogP contribution is -3.03. The molecule has 4 rings (SSSR count). The molecule has 3 aromatic rings. The molecule has 1 heterocycles. The predicted octanol–water partition coefficient (Wildman–Crippen LogP) is 3.09. The van der Waals surface area contributed by atoms with Crippen molar-refractivity contribution < 1.29 is 19.9 Å². The standard InChI is InChI=1S/C20H17NO4/c1-24-18-11-5-8-14-12-17(21(22)23)20(25-19(14)18)16-10-4-7-13-6-2-3-9-15(13)16/h2-12,20-22H,1H3. The van der Waals surface area contributed by atoms with Crippen LogP contribution in [0.2, 0.25) is 0 Å². The summed E-state index contributed by atoms with van der Waals surface area (Å²) in [5.74, 6) is 1.15. The number of para-hydroxylation sites is 1. The Morgan fingerprint density at radius 3 is 2.60 bits per heavy atom. The molecule has 2 unspecified atom stereocenters. The van der Waals surface area contributed by atoms with E-state index in [1.807, 2.05) is 54.6 Å². The van der Waals surface area contributed by atoms with Gasteiger partial charge in [-0.05, 0) is 16.8 Å². The average Bonchev–Trinajstić information content (AvgIpc) is 2.66. The van der Waals surface area contributed by atoms with E-state index in [0.717, 1.165) is 16.3 Å². The lowest BCUT2D eigenvalue weighted by molar-refractivity contribution is -1.02. The average molecular weight is 335 g/mol. The van der Waals surface area contributed by atoms with Crippen LogP contribution < -0.4 is 14.7 Å². The van der Waals surface area contributed by atoms with Crippen LogP contribution in [0.25, 0.3) is 16.8 Å². The first-order valence-electron chi connectivity index (χ1n) is 7.95. The van der Waals surface area contributed by atoms with Crippen LogP contribution in [-0.4, -0.2) is 12.3 Å². The van der Waals surface area contributed by atoms with Crippen molar-refractivity contribution in [2.24, 2.45) is 0 Å². The second-order valence-electron chi connectivity index (χ2n) is 5.85. The minimum atomic E-state index is -0.994. The molecule has 0 spiro atoms. The Hall–Kier alpha value is -2.86. The van der Waals surface area contributed by atoms with Crippen molar-refractivity contribution in [1.82, 2.24) is 0 Å². The van der Waals surface area contributed by atoms with Crippen molar-refractivity contribution in [3.63, 3.8) is 0 Å². The lowest BCUT2D eigenvalue weighted by Gasteiger charge is -2.30. The number of ether oxygens (including phenoxy) is 2. The minimum absolute atomic E-state index is 0.206. The van der Waals surface area contributed by atoms with Gasteiger partial charge in [0.05, 0.1) is 7.11 Å². The summed E-state index contributed by atoms with van der Waals surface area (Å²) in [7, 11) is 1.57. The van der Waals surface area contributed by atoms with Gasteiger partial charge in [0.25, 0.3) is 0 Å². The molecule has 0 aromatic heterocycles. The van der Waals surface area contributed by atoms with Gasteiger partial charge in [-0.1, -0.05) is 54.6 Å². The number of benzene rings is 3. The minimum Gasteiger partial charge on any atom is -0.595 e. The number of methoxy groups -OCH3 is 1. The molecule has 25 heavy (non-hydrogen) atoms. The lowest BCUT2D eigenvalue weighted by atomic mass is 9.96. The van der Waals surface area contributed by atoms with E-state index < -0.39 is 11.3 Å². The Morgan fingerprint density at radius 1 is 1.04 bits per heavy atom. The van der Waals surface area contributed by atoms with Crippen LogP contribution in [0.3, 0.4) is 0 Å². The molecule has 0 saturated carbocycles. The predicted molar refractivity (Wildman–Crippen MR) is 94.4 cm³/mol. The summed E-state index contributed by atoms with van der Waals surface area (Å²) >= 11 is 0. The van der Waals surface area contributed by atoms with Gasteiger partial charge >= 0.3 is 0 Å². The SMILES string of the molecule is COc1cccc2c1OC(c1cccc3ccccc13)C([NH+]([O-])O)=C2. The van der Waals surface area contributed by atoms with E-state index in [2.05, 4.69) is 0 Å². The normalized spacial score (nSPS) is 17.4.